The van der Waals surface area contributed by atoms with Crippen molar-refractivity contribution in [2.75, 3.05) is 5.32 Å². The molecule has 0 saturated heterocycles. The van der Waals surface area contributed by atoms with Gasteiger partial charge < -0.3 is 5.32 Å². The molecule has 4 nitrogen and oxygen atoms in total. The van der Waals surface area contributed by atoms with E-state index in [9.17, 15) is 0 Å². The van der Waals surface area contributed by atoms with Gasteiger partial charge in [-0.15, -0.1) is 0 Å². The minimum Gasteiger partial charge on any atom is -0.324 e. The highest BCUT2D eigenvalue weighted by atomic mass is 79.9. The third-order valence-electron chi connectivity index (χ3n) is 3.95. The normalized spacial score (nSPS) is 16.4. The van der Waals surface area contributed by atoms with Crippen LogP contribution in [0.2, 0.25) is 0 Å². The van der Waals surface area contributed by atoms with Crippen LogP contribution in [0, 0.1) is 6.92 Å². The van der Waals surface area contributed by atoms with Crippen LogP contribution in [0.25, 0.3) is 5.70 Å². The van der Waals surface area contributed by atoms with E-state index in [-0.39, 0.29) is 6.04 Å². The second kappa shape index (κ2) is 5.66. The number of halogens is 1. The van der Waals surface area contributed by atoms with Gasteiger partial charge in [0.15, 0.2) is 0 Å². The molecule has 5 heteroatoms. The van der Waals surface area contributed by atoms with Crippen LogP contribution in [0.4, 0.5) is 5.95 Å². The van der Waals surface area contributed by atoms with Crippen LogP contribution in [0.3, 0.4) is 0 Å². The molecular weight excluding hydrogens is 352 g/mol. The second-order valence-electron chi connectivity index (χ2n) is 5.60. The quantitative estimate of drug-likeness (QED) is 0.730. The van der Waals surface area contributed by atoms with Crippen LogP contribution in [0.15, 0.2) is 65.4 Å². The topological polar surface area (TPSA) is 42.7 Å². The molecule has 0 radical (unpaired) electrons. The zero-order valence-corrected chi connectivity index (χ0v) is 14.2. The van der Waals surface area contributed by atoms with E-state index in [0.29, 0.717) is 0 Å². The van der Waals surface area contributed by atoms with E-state index >= 15 is 0 Å². The summed E-state index contributed by atoms with van der Waals surface area (Å²) in [5, 5.41) is 7.74. The lowest BCUT2D eigenvalue weighted by Gasteiger charge is -2.24. The largest absolute Gasteiger partial charge is 0.324 e. The summed E-state index contributed by atoms with van der Waals surface area (Å²) < 4.78 is 2.98. The van der Waals surface area contributed by atoms with Crippen molar-refractivity contribution in [2.24, 2.45) is 0 Å². The molecule has 0 spiro atoms. The third kappa shape index (κ3) is 2.68. The van der Waals surface area contributed by atoms with Gasteiger partial charge in [-0.3, -0.25) is 0 Å². The summed E-state index contributed by atoms with van der Waals surface area (Å²) in [4.78, 5) is 4.34. The van der Waals surface area contributed by atoms with Crippen molar-refractivity contribution in [1.82, 2.24) is 14.8 Å². The molecule has 114 valence electrons. The number of nitrogens with one attached hydrogen (secondary N) is 1. The number of aromatic nitrogens is 3. The fraction of sp³-hybridized carbons (Fsp3) is 0.111. The first-order chi connectivity index (χ1) is 11.2. The molecule has 0 unspecified atom stereocenters. The second-order valence-corrected chi connectivity index (χ2v) is 6.52. The van der Waals surface area contributed by atoms with Crippen LogP contribution in [-0.2, 0) is 0 Å². The molecule has 1 aliphatic rings. The molecule has 2 aromatic carbocycles. The van der Waals surface area contributed by atoms with E-state index in [1.807, 2.05) is 16.8 Å². The molecular formula is C18H15BrN4. The minimum atomic E-state index is 0.0345. The molecule has 1 atom stereocenters. The maximum Gasteiger partial charge on any atom is 0.226 e. The van der Waals surface area contributed by atoms with Gasteiger partial charge in [0.25, 0.3) is 0 Å². The Morgan fingerprint density at radius 1 is 1.13 bits per heavy atom. The molecule has 4 rings (SSSR count). The number of benzene rings is 2. The number of fused-ring (bicyclic) bond motifs is 1. The van der Waals surface area contributed by atoms with Gasteiger partial charge in [-0.1, -0.05) is 57.9 Å². The molecule has 2 heterocycles. The van der Waals surface area contributed by atoms with E-state index in [1.165, 1.54) is 11.1 Å². The van der Waals surface area contributed by atoms with Crippen molar-refractivity contribution >= 4 is 27.6 Å². The van der Waals surface area contributed by atoms with Gasteiger partial charge in [0, 0.05) is 10.2 Å². The average molecular weight is 367 g/mol. The maximum atomic E-state index is 4.38. The highest BCUT2D eigenvalue weighted by molar-refractivity contribution is 9.10. The Bertz CT molecular complexity index is 880. The summed E-state index contributed by atoms with van der Waals surface area (Å²) >= 11 is 3.48. The summed E-state index contributed by atoms with van der Waals surface area (Å²) in [6, 6.07) is 16.8. The molecule has 1 N–H and O–H groups in total. The van der Waals surface area contributed by atoms with Crippen molar-refractivity contribution in [1.29, 1.82) is 0 Å². The molecule has 1 aromatic heterocycles. The number of anilines is 1. The summed E-state index contributed by atoms with van der Waals surface area (Å²) in [6.45, 7) is 2.10. The number of hydrogen-bond acceptors (Lipinski definition) is 3. The van der Waals surface area contributed by atoms with Crippen molar-refractivity contribution in [3.05, 3.63) is 82.1 Å². The predicted molar refractivity (Wildman–Crippen MR) is 95.1 cm³/mol. The fourth-order valence-corrected chi connectivity index (χ4v) is 3.09. The Kier molecular flexibility index (Phi) is 3.50. The summed E-state index contributed by atoms with van der Waals surface area (Å²) in [7, 11) is 0. The number of allylic oxidation sites excluding steroid dienone is 1. The van der Waals surface area contributed by atoms with E-state index in [4.69, 9.17) is 0 Å². The predicted octanol–water partition coefficient (Wildman–Crippen LogP) is 4.41. The molecule has 0 amide bonds. The lowest BCUT2D eigenvalue weighted by atomic mass is 10.0. The van der Waals surface area contributed by atoms with Crippen molar-refractivity contribution in [3.63, 3.8) is 0 Å². The number of nitrogens with zero attached hydrogens (tertiary/aromatic N) is 3. The highest BCUT2D eigenvalue weighted by Crippen LogP contribution is 2.32. The molecule has 0 bridgehead atoms. The van der Waals surface area contributed by atoms with Crippen molar-refractivity contribution in [2.45, 2.75) is 13.0 Å². The minimum absolute atomic E-state index is 0.0345. The lowest BCUT2D eigenvalue weighted by molar-refractivity contribution is 0.611. The molecule has 0 fully saturated rings. The highest BCUT2D eigenvalue weighted by Gasteiger charge is 2.23. The number of rotatable bonds is 2. The SMILES string of the molecule is Cc1cccc([C@@H]2C=C(c3ccc(Br)cc3)Nc3ncnn32)c1. The Hall–Kier alpha value is -2.40. The first-order valence-corrected chi connectivity index (χ1v) is 8.21. The zero-order chi connectivity index (χ0) is 15.8. The van der Waals surface area contributed by atoms with E-state index in [0.717, 1.165) is 21.7 Å². The van der Waals surface area contributed by atoms with Gasteiger partial charge >= 0.3 is 0 Å². The summed E-state index contributed by atoms with van der Waals surface area (Å²) in [6.07, 6.45) is 3.78. The van der Waals surface area contributed by atoms with E-state index in [1.54, 1.807) is 6.33 Å². The van der Waals surface area contributed by atoms with Crippen LogP contribution in [0.1, 0.15) is 22.7 Å². The van der Waals surface area contributed by atoms with Gasteiger partial charge in [0.1, 0.15) is 12.4 Å². The Balaban J connectivity index is 1.81. The lowest BCUT2D eigenvalue weighted by Crippen LogP contribution is -2.20. The third-order valence-corrected chi connectivity index (χ3v) is 4.48. The average Bonchev–Trinajstić information content (AvgIpc) is 3.03. The van der Waals surface area contributed by atoms with Crippen LogP contribution in [0.5, 0.6) is 0 Å². The van der Waals surface area contributed by atoms with Crippen LogP contribution in [-0.4, -0.2) is 14.8 Å². The van der Waals surface area contributed by atoms with E-state index in [2.05, 4.69) is 80.7 Å². The Morgan fingerprint density at radius 3 is 2.74 bits per heavy atom. The molecule has 1 aliphatic heterocycles. The molecule has 3 aromatic rings. The fourth-order valence-electron chi connectivity index (χ4n) is 2.82. The van der Waals surface area contributed by atoms with Gasteiger partial charge in [-0.05, 0) is 36.3 Å². The van der Waals surface area contributed by atoms with Gasteiger partial charge in [0.2, 0.25) is 5.95 Å². The molecule has 0 saturated carbocycles. The monoisotopic (exact) mass is 366 g/mol. The summed E-state index contributed by atoms with van der Waals surface area (Å²) in [5.41, 5.74) is 4.61. The van der Waals surface area contributed by atoms with Crippen LogP contribution < -0.4 is 5.32 Å². The zero-order valence-electron chi connectivity index (χ0n) is 12.6. The van der Waals surface area contributed by atoms with Gasteiger partial charge in [0.05, 0.1) is 0 Å². The van der Waals surface area contributed by atoms with Gasteiger partial charge in [-0.25, -0.2) is 4.68 Å². The first-order valence-electron chi connectivity index (χ1n) is 7.41. The standard InChI is InChI=1S/C18H15BrN4/c1-12-3-2-4-14(9-12)17-10-16(13-5-7-15(19)8-6-13)22-18-20-11-21-23(17)18/h2-11,17H,1H3,(H,20,21,22)/t17-/m0/s1. The summed E-state index contributed by atoms with van der Waals surface area (Å²) in [5.74, 6) is 0.761. The van der Waals surface area contributed by atoms with E-state index < -0.39 is 0 Å². The molecule has 23 heavy (non-hydrogen) atoms. The van der Waals surface area contributed by atoms with Crippen molar-refractivity contribution < 1.29 is 0 Å². The first kappa shape index (κ1) is 14.2. The van der Waals surface area contributed by atoms with Crippen LogP contribution >= 0.6 is 15.9 Å². The smallest absolute Gasteiger partial charge is 0.226 e. The number of hydrogen-bond donors (Lipinski definition) is 1. The maximum absolute atomic E-state index is 4.38. The Labute approximate surface area is 143 Å². The Morgan fingerprint density at radius 2 is 1.96 bits per heavy atom. The van der Waals surface area contributed by atoms with Gasteiger partial charge in [-0.2, -0.15) is 10.1 Å². The molecule has 0 aliphatic carbocycles. The number of aryl methyl sites for hydroxylation is 1. The van der Waals surface area contributed by atoms with Crippen molar-refractivity contribution in [3.8, 4) is 0 Å².